The third-order valence-electron chi connectivity index (χ3n) is 2.28. The molecule has 0 unspecified atom stereocenters. The molecule has 1 aromatic rings. The minimum Gasteiger partial charge on any atom is -0.462 e. The van der Waals surface area contributed by atoms with Crippen LogP contribution in [0.2, 0.25) is 0 Å². The van der Waals surface area contributed by atoms with Crippen molar-refractivity contribution in [3.05, 3.63) is 29.8 Å². The minimum absolute atomic E-state index is 0.245. The van der Waals surface area contributed by atoms with Crippen molar-refractivity contribution in [2.45, 2.75) is 39.7 Å². The molecule has 0 saturated heterocycles. The number of carbonyl (C=O) groups excluding carboxylic acids is 1. The molecule has 94 valence electrons. The van der Waals surface area contributed by atoms with Crippen molar-refractivity contribution in [3.8, 4) is 0 Å². The molecule has 0 aromatic heterocycles. The Bertz CT molecular complexity index is 361. The van der Waals surface area contributed by atoms with Crippen molar-refractivity contribution in [2.24, 2.45) is 0 Å². The van der Waals surface area contributed by atoms with E-state index in [0.29, 0.717) is 18.2 Å². The van der Waals surface area contributed by atoms with E-state index in [1.165, 1.54) is 0 Å². The van der Waals surface area contributed by atoms with Gasteiger partial charge in [-0.1, -0.05) is 19.4 Å². The van der Waals surface area contributed by atoms with E-state index in [1.807, 2.05) is 18.2 Å². The summed E-state index contributed by atoms with van der Waals surface area (Å²) in [7, 11) is 0. The highest BCUT2D eigenvalue weighted by Crippen LogP contribution is 2.12. The lowest BCUT2D eigenvalue weighted by molar-refractivity contribution is 0.0500. The lowest BCUT2D eigenvalue weighted by atomic mass is 10.2. The number of unbranched alkanes of at least 4 members (excludes halogenated alkanes) is 1. The van der Waals surface area contributed by atoms with Gasteiger partial charge in [-0.2, -0.15) is 0 Å². The van der Waals surface area contributed by atoms with Gasteiger partial charge in [0.1, 0.15) is 0 Å². The second kappa shape index (κ2) is 6.94. The summed E-state index contributed by atoms with van der Waals surface area (Å²) in [6, 6.07) is 7.76. The van der Waals surface area contributed by atoms with Gasteiger partial charge in [0.2, 0.25) is 0 Å². The molecule has 0 bridgehead atoms. The molecule has 0 aliphatic rings. The quantitative estimate of drug-likeness (QED) is 0.606. The SMILES string of the molecule is CCCCOC(=O)c1cccc(NC(C)C)c1. The zero-order chi connectivity index (χ0) is 12.7. The molecule has 1 rings (SSSR count). The van der Waals surface area contributed by atoms with E-state index in [4.69, 9.17) is 4.74 Å². The summed E-state index contributed by atoms with van der Waals surface area (Å²) in [6.45, 7) is 6.69. The number of ether oxygens (including phenoxy) is 1. The first kappa shape index (κ1) is 13.6. The van der Waals surface area contributed by atoms with Gasteiger partial charge in [0.05, 0.1) is 12.2 Å². The van der Waals surface area contributed by atoms with Crippen molar-refractivity contribution in [1.29, 1.82) is 0 Å². The first-order valence-corrected chi connectivity index (χ1v) is 6.17. The van der Waals surface area contributed by atoms with Gasteiger partial charge in [0.15, 0.2) is 0 Å². The number of rotatable bonds is 6. The molecule has 1 N–H and O–H groups in total. The molecule has 0 aliphatic carbocycles. The van der Waals surface area contributed by atoms with Crippen LogP contribution in [0, 0.1) is 0 Å². The molecular formula is C14H21NO2. The summed E-state index contributed by atoms with van der Waals surface area (Å²) < 4.78 is 5.16. The predicted molar refractivity (Wildman–Crippen MR) is 70.4 cm³/mol. The number of nitrogens with one attached hydrogen (secondary N) is 1. The van der Waals surface area contributed by atoms with Crippen molar-refractivity contribution in [2.75, 3.05) is 11.9 Å². The number of anilines is 1. The average molecular weight is 235 g/mol. The van der Waals surface area contributed by atoms with Crippen LogP contribution >= 0.6 is 0 Å². The summed E-state index contributed by atoms with van der Waals surface area (Å²) >= 11 is 0. The number of benzene rings is 1. The van der Waals surface area contributed by atoms with E-state index < -0.39 is 0 Å². The Balaban J connectivity index is 2.60. The van der Waals surface area contributed by atoms with Gasteiger partial charge in [0.25, 0.3) is 0 Å². The van der Waals surface area contributed by atoms with Gasteiger partial charge in [-0.3, -0.25) is 0 Å². The van der Waals surface area contributed by atoms with E-state index in [-0.39, 0.29) is 5.97 Å². The Morgan fingerprint density at radius 2 is 2.18 bits per heavy atom. The summed E-state index contributed by atoms with van der Waals surface area (Å²) in [4.78, 5) is 11.7. The summed E-state index contributed by atoms with van der Waals surface area (Å²) in [5.74, 6) is -0.245. The second-order valence-electron chi connectivity index (χ2n) is 4.37. The molecule has 0 radical (unpaired) electrons. The Labute approximate surface area is 103 Å². The molecular weight excluding hydrogens is 214 g/mol. The Hall–Kier alpha value is -1.51. The summed E-state index contributed by atoms with van der Waals surface area (Å²) in [5.41, 5.74) is 1.55. The summed E-state index contributed by atoms with van der Waals surface area (Å²) in [6.07, 6.45) is 1.94. The fourth-order valence-electron chi connectivity index (χ4n) is 1.46. The van der Waals surface area contributed by atoms with Crippen molar-refractivity contribution >= 4 is 11.7 Å². The molecule has 17 heavy (non-hydrogen) atoms. The zero-order valence-electron chi connectivity index (χ0n) is 10.8. The molecule has 0 saturated carbocycles. The maximum atomic E-state index is 11.7. The first-order valence-electron chi connectivity index (χ1n) is 6.17. The third kappa shape index (κ3) is 4.89. The molecule has 0 atom stereocenters. The van der Waals surface area contributed by atoms with Crippen LogP contribution in [-0.2, 0) is 4.74 Å². The van der Waals surface area contributed by atoms with Crippen LogP contribution in [0.25, 0.3) is 0 Å². The predicted octanol–water partition coefficient (Wildman–Crippen LogP) is 3.46. The number of esters is 1. The molecule has 1 aromatic carbocycles. The second-order valence-corrected chi connectivity index (χ2v) is 4.37. The van der Waals surface area contributed by atoms with E-state index in [1.54, 1.807) is 6.07 Å². The largest absolute Gasteiger partial charge is 0.462 e. The van der Waals surface area contributed by atoms with E-state index in [2.05, 4.69) is 26.1 Å². The Kier molecular flexibility index (Phi) is 5.53. The van der Waals surface area contributed by atoms with Gasteiger partial charge in [-0.05, 0) is 38.5 Å². The maximum absolute atomic E-state index is 11.7. The highest BCUT2D eigenvalue weighted by molar-refractivity contribution is 5.90. The van der Waals surface area contributed by atoms with E-state index >= 15 is 0 Å². The smallest absolute Gasteiger partial charge is 0.338 e. The lowest BCUT2D eigenvalue weighted by Gasteiger charge is -2.11. The standard InChI is InChI=1S/C14H21NO2/c1-4-5-9-17-14(16)12-7-6-8-13(10-12)15-11(2)3/h6-8,10-11,15H,4-5,9H2,1-3H3. The third-order valence-corrected chi connectivity index (χ3v) is 2.28. The molecule has 0 aliphatic heterocycles. The van der Waals surface area contributed by atoms with Crippen molar-refractivity contribution < 1.29 is 9.53 Å². The molecule has 0 heterocycles. The van der Waals surface area contributed by atoms with E-state index in [0.717, 1.165) is 18.5 Å². The van der Waals surface area contributed by atoms with Gasteiger partial charge < -0.3 is 10.1 Å². The average Bonchev–Trinajstić information content (AvgIpc) is 2.28. The number of carbonyl (C=O) groups is 1. The Morgan fingerprint density at radius 3 is 2.82 bits per heavy atom. The van der Waals surface area contributed by atoms with Crippen LogP contribution < -0.4 is 5.32 Å². The highest BCUT2D eigenvalue weighted by Gasteiger charge is 2.07. The maximum Gasteiger partial charge on any atom is 0.338 e. The topological polar surface area (TPSA) is 38.3 Å². The first-order chi connectivity index (χ1) is 8.13. The molecule has 3 nitrogen and oxygen atoms in total. The highest BCUT2D eigenvalue weighted by atomic mass is 16.5. The minimum atomic E-state index is -0.245. The van der Waals surface area contributed by atoms with Gasteiger partial charge in [-0.25, -0.2) is 4.79 Å². The van der Waals surface area contributed by atoms with Gasteiger partial charge >= 0.3 is 5.97 Å². The van der Waals surface area contributed by atoms with Crippen LogP contribution in [0.4, 0.5) is 5.69 Å². The molecule has 0 amide bonds. The molecule has 0 spiro atoms. The zero-order valence-corrected chi connectivity index (χ0v) is 10.8. The normalized spacial score (nSPS) is 10.4. The number of hydrogen-bond acceptors (Lipinski definition) is 3. The van der Waals surface area contributed by atoms with Crippen molar-refractivity contribution in [3.63, 3.8) is 0 Å². The lowest BCUT2D eigenvalue weighted by Crippen LogP contribution is -2.11. The Morgan fingerprint density at radius 1 is 1.41 bits per heavy atom. The molecule has 3 heteroatoms. The fraction of sp³-hybridized carbons (Fsp3) is 0.500. The van der Waals surface area contributed by atoms with Crippen LogP contribution in [0.1, 0.15) is 44.0 Å². The summed E-state index contributed by atoms with van der Waals surface area (Å²) in [5, 5.41) is 3.26. The van der Waals surface area contributed by atoms with Gasteiger partial charge in [-0.15, -0.1) is 0 Å². The monoisotopic (exact) mass is 235 g/mol. The van der Waals surface area contributed by atoms with Crippen LogP contribution in [-0.4, -0.2) is 18.6 Å². The fourth-order valence-corrected chi connectivity index (χ4v) is 1.46. The van der Waals surface area contributed by atoms with Crippen LogP contribution in [0.5, 0.6) is 0 Å². The van der Waals surface area contributed by atoms with Gasteiger partial charge in [0, 0.05) is 11.7 Å². The number of hydrogen-bond donors (Lipinski definition) is 1. The molecule has 0 fully saturated rings. The van der Waals surface area contributed by atoms with Crippen LogP contribution in [0.15, 0.2) is 24.3 Å². The van der Waals surface area contributed by atoms with Crippen molar-refractivity contribution in [1.82, 2.24) is 0 Å². The van der Waals surface area contributed by atoms with Crippen LogP contribution in [0.3, 0.4) is 0 Å². The van der Waals surface area contributed by atoms with E-state index in [9.17, 15) is 4.79 Å².